The molecule has 0 aromatic heterocycles. The van der Waals surface area contributed by atoms with Gasteiger partial charge in [-0.25, -0.2) is 13.1 Å². The number of hydrogen-bond acceptors (Lipinski definition) is 5. The maximum absolute atomic E-state index is 11.8. The van der Waals surface area contributed by atoms with Crippen molar-refractivity contribution in [2.45, 2.75) is 26.0 Å². The molecule has 7 heteroatoms. The Morgan fingerprint density at radius 3 is 2.40 bits per heavy atom. The van der Waals surface area contributed by atoms with Gasteiger partial charge in [-0.05, 0) is 19.9 Å². The molecule has 0 aliphatic heterocycles. The number of nitrogens with one attached hydrogen (secondary N) is 1. The highest BCUT2D eigenvalue weighted by Crippen LogP contribution is 2.24. The summed E-state index contributed by atoms with van der Waals surface area (Å²) in [6.07, 6.45) is 0. The summed E-state index contributed by atoms with van der Waals surface area (Å²) in [6, 6.07) is 5.13. The smallest absolute Gasteiger partial charge is 0.214 e. The molecule has 0 heterocycles. The molecular formula is C13H21NO5S. The molecule has 0 saturated heterocycles. The quantitative estimate of drug-likeness (QED) is 0.781. The van der Waals surface area contributed by atoms with E-state index < -0.39 is 15.6 Å². The van der Waals surface area contributed by atoms with Crippen LogP contribution in [0.4, 0.5) is 0 Å². The van der Waals surface area contributed by atoms with Gasteiger partial charge in [0.05, 0.1) is 25.6 Å². The van der Waals surface area contributed by atoms with Gasteiger partial charge in [-0.3, -0.25) is 0 Å². The molecule has 0 unspecified atom stereocenters. The summed E-state index contributed by atoms with van der Waals surface area (Å²) in [5.41, 5.74) is -0.594. The van der Waals surface area contributed by atoms with E-state index in [1.54, 1.807) is 25.3 Å². The summed E-state index contributed by atoms with van der Waals surface area (Å²) in [5, 5.41) is 9.56. The molecule has 0 bridgehead atoms. The minimum absolute atomic E-state index is 0.0889. The lowest BCUT2D eigenvalue weighted by Gasteiger charge is -2.18. The Morgan fingerprint density at radius 2 is 1.90 bits per heavy atom. The van der Waals surface area contributed by atoms with Gasteiger partial charge < -0.3 is 14.6 Å². The van der Waals surface area contributed by atoms with E-state index in [0.29, 0.717) is 17.1 Å². The maximum atomic E-state index is 11.8. The Hall–Kier alpha value is -1.31. The van der Waals surface area contributed by atoms with Gasteiger partial charge in [0.15, 0.2) is 0 Å². The second-order valence-electron chi connectivity index (χ2n) is 5.07. The number of rotatable bonds is 7. The lowest BCUT2D eigenvalue weighted by atomic mass is 10.2. The average Bonchev–Trinajstić information content (AvgIpc) is 2.33. The van der Waals surface area contributed by atoms with Gasteiger partial charge in [0.1, 0.15) is 11.5 Å². The fourth-order valence-electron chi connectivity index (χ4n) is 1.70. The summed E-state index contributed by atoms with van der Waals surface area (Å²) in [4.78, 5) is 0. The van der Waals surface area contributed by atoms with Crippen LogP contribution in [-0.4, -0.2) is 39.1 Å². The van der Waals surface area contributed by atoms with Gasteiger partial charge in [-0.1, -0.05) is 6.07 Å². The molecule has 0 radical (unpaired) electrons. The molecule has 6 nitrogen and oxygen atoms in total. The van der Waals surface area contributed by atoms with E-state index in [-0.39, 0.29) is 12.3 Å². The van der Waals surface area contributed by atoms with Gasteiger partial charge in [0, 0.05) is 18.2 Å². The highest BCUT2D eigenvalue weighted by Gasteiger charge is 2.23. The Kier molecular flexibility index (Phi) is 5.38. The largest absolute Gasteiger partial charge is 0.497 e. The fraction of sp³-hybridized carbons (Fsp3) is 0.538. The molecule has 0 spiro atoms. The second kappa shape index (κ2) is 6.43. The summed E-state index contributed by atoms with van der Waals surface area (Å²) in [6.45, 7) is 2.98. The Labute approximate surface area is 119 Å². The van der Waals surface area contributed by atoms with Gasteiger partial charge >= 0.3 is 0 Å². The van der Waals surface area contributed by atoms with Crippen molar-refractivity contribution in [1.29, 1.82) is 0 Å². The van der Waals surface area contributed by atoms with Crippen molar-refractivity contribution < 1.29 is 23.0 Å². The number of sulfonamides is 1. The first-order valence-corrected chi connectivity index (χ1v) is 7.73. The molecule has 0 aliphatic carbocycles. The Balaban J connectivity index is 2.80. The van der Waals surface area contributed by atoms with Crippen molar-refractivity contribution in [3.63, 3.8) is 0 Å². The summed E-state index contributed by atoms with van der Waals surface area (Å²) in [7, 11) is -0.519. The highest BCUT2D eigenvalue weighted by atomic mass is 32.2. The molecule has 0 saturated carbocycles. The zero-order valence-corrected chi connectivity index (χ0v) is 13.0. The van der Waals surface area contributed by atoms with Gasteiger partial charge in [0.2, 0.25) is 10.0 Å². The lowest BCUT2D eigenvalue weighted by molar-refractivity contribution is 0.104. The molecule has 1 rings (SSSR count). The zero-order valence-electron chi connectivity index (χ0n) is 12.1. The van der Waals surface area contributed by atoms with Crippen molar-refractivity contribution in [2.75, 3.05) is 20.0 Å². The standard InChI is InChI=1S/C13H21NO5S/c1-13(2,15)9-20(16,17)14-8-10-5-6-11(18-3)7-12(10)19-4/h5-7,14-15H,8-9H2,1-4H3. The van der Waals surface area contributed by atoms with E-state index in [1.165, 1.54) is 21.0 Å². The third-order valence-electron chi connectivity index (χ3n) is 2.52. The number of methoxy groups -OCH3 is 2. The first kappa shape index (κ1) is 16.7. The Bertz CT molecular complexity index is 548. The molecule has 1 aromatic rings. The van der Waals surface area contributed by atoms with Gasteiger partial charge in [-0.2, -0.15) is 0 Å². The minimum Gasteiger partial charge on any atom is -0.497 e. The van der Waals surface area contributed by atoms with E-state index in [9.17, 15) is 13.5 Å². The second-order valence-corrected chi connectivity index (χ2v) is 6.88. The molecule has 0 fully saturated rings. The number of benzene rings is 1. The molecule has 0 amide bonds. The van der Waals surface area contributed by atoms with Gasteiger partial charge in [0.25, 0.3) is 0 Å². The summed E-state index contributed by atoms with van der Waals surface area (Å²) < 4.78 is 36.3. The Morgan fingerprint density at radius 1 is 1.25 bits per heavy atom. The highest BCUT2D eigenvalue weighted by molar-refractivity contribution is 7.89. The van der Waals surface area contributed by atoms with Crippen LogP contribution in [0.3, 0.4) is 0 Å². The molecular weight excluding hydrogens is 282 g/mol. The number of ether oxygens (including phenoxy) is 2. The molecule has 0 aliphatic rings. The van der Waals surface area contributed by atoms with Crippen LogP contribution in [0.5, 0.6) is 11.5 Å². The first-order valence-electron chi connectivity index (χ1n) is 6.07. The molecule has 2 N–H and O–H groups in total. The maximum Gasteiger partial charge on any atom is 0.214 e. The van der Waals surface area contributed by atoms with Crippen LogP contribution >= 0.6 is 0 Å². The van der Waals surface area contributed by atoms with Crippen molar-refractivity contribution in [1.82, 2.24) is 4.72 Å². The number of hydrogen-bond donors (Lipinski definition) is 2. The normalized spacial score (nSPS) is 12.2. The minimum atomic E-state index is -3.56. The predicted octanol–water partition coefficient (Wildman–Crippen LogP) is 0.894. The van der Waals surface area contributed by atoms with E-state index >= 15 is 0 Å². The van der Waals surface area contributed by atoms with Gasteiger partial charge in [-0.15, -0.1) is 0 Å². The third-order valence-corrected chi connectivity index (χ3v) is 4.19. The van der Waals surface area contributed by atoms with Crippen LogP contribution in [0, 0.1) is 0 Å². The van der Waals surface area contributed by atoms with E-state index in [2.05, 4.69) is 4.72 Å². The van der Waals surface area contributed by atoms with Crippen LogP contribution in [0.15, 0.2) is 18.2 Å². The van der Waals surface area contributed by atoms with E-state index in [0.717, 1.165) is 0 Å². The van der Waals surface area contributed by atoms with Crippen molar-refractivity contribution in [2.24, 2.45) is 0 Å². The SMILES string of the molecule is COc1ccc(CNS(=O)(=O)CC(C)(C)O)c(OC)c1. The van der Waals surface area contributed by atoms with Crippen molar-refractivity contribution >= 4 is 10.0 Å². The van der Waals surface area contributed by atoms with Crippen LogP contribution in [0.2, 0.25) is 0 Å². The molecule has 1 aromatic carbocycles. The summed E-state index contributed by atoms with van der Waals surface area (Å²) in [5.74, 6) is 0.804. The van der Waals surface area contributed by atoms with Crippen LogP contribution in [0.25, 0.3) is 0 Å². The molecule has 20 heavy (non-hydrogen) atoms. The molecule has 114 valence electrons. The van der Waals surface area contributed by atoms with E-state index in [4.69, 9.17) is 9.47 Å². The first-order chi connectivity index (χ1) is 9.17. The third kappa shape index (κ3) is 5.36. The average molecular weight is 303 g/mol. The predicted molar refractivity (Wildman–Crippen MR) is 76.5 cm³/mol. The summed E-state index contributed by atoms with van der Waals surface area (Å²) >= 11 is 0. The topological polar surface area (TPSA) is 84.9 Å². The fourth-order valence-corrected chi connectivity index (χ4v) is 3.11. The molecule has 0 atom stereocenters. The number of aliphatic hydroxyl groups is 1. The van der Waals surface area contributed by atoms with E-state index in [1.807, 2.05) is 0 Å². The van der Waals surface area contributed by atoms with Crippen LogP contribution in [-0.2, 0) is 16.6 Å². The van der Waals surface area contributed by atoms with Crippen molar-refractivity contribution in [3.05, 3.63) is 23.8 Å². The zero-order chi connectivity index (χ0) is 15.4. The monoisotopic (exact) mass is 303 g/mol. The van der Waals surface area contributed by atoms with Crippen LogP contribution < -0.4 is 14.2 Å². The van der Waals surface area contributed by atoms with Crippen molar-refractivity contribution in [3.8, 4) is 11.5 Å². The lowest BCUT2D eigenvalue weighted by Crippen LogP contribution is -2.37. The van der Waals surface area contributed by atoms with Crippen LogP contribution in [0.1, 0.15) is 19.4 Å².